The molecule has 4 nitrogen and oxygen atoms in total. The van der Waals surface area contributed by atoms with Crippen molar-refractivity contribution in [3.63, 3.8) is 0 Å². The van der Waals surface area contributed by atoms with Crippen LogP contribution in [-0.4, -0.2) is 27.5 Å². The molecule has 2 rings (SSSR count). The highest BCUT2D eigenvalue weighted by molar-refractivity contribution is 9.10. The summed E-state index contributed by atoms with van der Waals surface area (Å²) in [5.74, 6) is -0.589. The van der Waals surface area contributed by atoms with E-state index in [0.717, 1.165) is 25.1 Å². The Morgan fingerprint density at radius 1 is 1.50 bits per heavy atom. The second kappa shape index (κ2) is 5.42. The minimum absolute atomic E-state index is 0.117. The van der Waals surface area contributed by atoms with Crippen LogP contribution in [0, 0.1) is 5.82 Å². The lowest BCUT2D eigenvalue weighted by Gasteiger charge is -2.14. The van der Waals surface area contributed by atoms with Crippen LogP contribution in [0.5, 0.6) is 0 Å². The molecule has 2 N–H and O–H groups in total. The number of rotatable bonds is 3. The zero-order chi connectivity index (χ0) is 13.3. The van der Waals surface area contributed by atoms with Crippen LogP contribution in [0.25, 0.3) is 0 Å². The standard InChI is InChI=1S/C10H11BrClFN2O2S/c11-8-3-6(13)4-9(12)10(8)18(16,17)15-7-1-2-14-5-7/h3-4,7,14-15H,1-2,5H2/t7-/m1/s1. The molecular formula is C10H11BrClFN2O2S. The average molecular weight is 358 g/mol. The molecule has 1 aliphatic rings. The van der Waals surface area contributed by atoms with E-state index in [-0.39, 0.29) is 20.4 Å². The molecule has 100 valence electrons. The highest BCUT2D eigenvalue weighted by Crippen LogP contribution is 2.30. The Balaban J connectivity index is 2.34. The SMILES string of the molecule is O=S(=O)(N[C@@H]1CCNC1)c1c(Cl)cc(F)cc1Br. The lowest BCUT2D eigenvalue weighted by Crippen LogP contribution is -2.36. The van der Waals surface area contributed by atoms with Crippen molar-refractivity contribution in [2.75, 3.05) is 13.1 Å². The molecular weight excluding hydrogens is 347 g/mol. The summed E-state index contributed by atoms with van der Waals surface area (Å²) >= 11 is 8.82. The summed E-state index contributed by atoms with van der Waals surface area (Å²) in [6.07, 6.45) is 0.718. The maximum absolute atomic E-state index is 13.1. The third-order valence-electron chi connectivity index (χ3n) is 2.61. The highest BCUT2D eigenvalue weighted by atomic mass is 79.9. The third-order valence-corrected chi connectivity index (χ3v) is 5.53. The van der Waals surface area contributed by atoms with Gasteiger partial charge in [-0.1, -0.05) is 11.6 Å². The fourth-order valence-electron chi connectivity index (χ4n) is 1.82. The summed E-state index contributed by atoms with van der Waals surface area (Å²) in [6.45, 7) is 1.35. The van der Waals surface area contributed by atoms with Gasteiger partial charge in [-0.15, -0.1) is 0 Å². The minimum Gasteiger partial charge on any atom is -0.315 e. The van der Waals surface area contributed by atoms with E-state index in [2.05, 4.69) is 26.0 Å². The normalized spacial score (nSPS) is 20.3. The van der Waals surface area contributed by atoms with E-state index in [9.17, 15) is 12.8 Å². The van der Waals surface area contributed by atoms with Crippen LogP contribution in [0.3, 0.4) is 0 Å². The Kier molecular flexibility index (Phi) is 4.28. The Bertz CT molecular complexity index is 538. The molecule has 0 unspecified atom stereocenters. The van der Waals surface area contributed by atoms with E-state index in [1.807, 2.05) is 0 Å². The number of hydrogen-bond donors (Lipinski definition) is 2. The van der Waals surface area contributed by atoms with Crippen LogP contribution in [0.15, 0.2) is 21.5 Å². The molecule has 1 aromatic carbocycles. The van der Waals surface area contributed by atoms with Crippen molar-refractivity contribution in [1.29, 1.82) is 0 Å². The van der Waals surface area contributed by atoms with Gasteiger partial charge in [-0.2, -0.15) is 0 Å². The molecule has 1 aliphatic heterocycles. The van der Waals surface area contributed by atoms with Crippen molar-refractivity contribution in [3.8, 4) is 0 Å². The summed E-state index contributed by atoms with van der Waals surface area (Å²) in [5, 5.41) is 2.91. The zero-order valence-electron chi connectivity index (χ0n) is 9.21. The Morgan fingerprint density at radius 3 is 2.78 bits per heavy atom. The van der Waals surface area contributed by atoms with E-state index in [0.29, 0.717) is 6.54 Å². The molecule has 18 heavy (non-hydrogen) atoms. The average Bonchev–Trinajstić information content (AvgIpc) is 2.66. The van der Waals surface area contributed by atoms with Gasteiger partial charge in [0.2, 0.25) is 10.0 Å². The van der Waals surface area contributed by atoms with Crippen molar-refractivity contribution < 1.29 is 12.8 Å². The maximum Gasteiger partial charge on any atom is 0.243 e. The summed E-state index contributed by atoms with van der Waals surface area (Å²) in [4.78, 5) is -0.127. The number of hydrogen-bond acceptors (Lipinski definition) is 3. The Hall–Kier alpha value is -0.210. The molecule has 1 heterocycles. The Morgan fingerprint density at radius 2 is 2.22 bits per heavy atom. The second-order valence-electron chi connectivity index (χ2n) is 4.01. The van der Waals surface area contributed by atoms with Crippen LogP contribution in [0.1, 0.15) is 6.42 Å². The summed E-state index contributed by atoms with van der Waals surface area (Å²) in [7, 11) is -3.76. The molecule has 0 amide bonds. The molecule has 0 aliphatic carbocycles. The van der Waals surface area contributed by atoms with Gasteiger partial charge in [-0.3, -0.25) is 0 Å². The molecule has 0 spiro atoms. The second-order valence-corrected chi connectivity index (χ2v) is 6.92. The van der Waals surface area contributed by atoms with Gasteiger partial charge in [0, 0.05) is 17.1 Å². The number of sulfonamides is 1. The minimum atomic E-state index is -3.76. The van der Waals surface area contributed by atoms with Crippen molar-refractivity contribution >= 4 is 37.6 Å². The van der Waals surface area contributed by atoms with E-state index >= 15 is 0 Å². The first kappa shape index (κ1) is 14.2. The van der Waals surface area contributed by atoms with Crippen LogP contribution >= 0.6 is 27.5 Å². The maximum atomic E-state index is 13.1. The van der Waals surface area contributed by atoms with Gasteiger partial charge in [0.1, 0.15) is 10.7 Å². The van der Waals surface area contributed by atoms with Crippen molar-refractivity contribution in [1.82, 2.24) is 10.0 Å². The predicted molar refractivity (Wildman–Crippen MR) is 70.7 cm³/mol. The molecule has 0 bridgehead atoms. The first-order valence-corrected chi connectivity index (χ1v) is 7.93. The fourth-order valence-corrected chi connectivity index (χ4v) is 4.90. The molecule has 1 saturated heterocycles. The Labute approximate surface area is 118 Å². The van der Waals surface area contributed by atoms with Crippen LogP contribution < -0.4 is 10.0 Å². The lowest BCUT2D eigenvalue weighted by atomic mass is 10.3. The molecule has 8 heteroatoms. The molecule has 1 atom stereocenters. The molecule has 0 aromatic heterocycles. The van der Waals surface area contributed by atoms with Gasteiger partial charge in [0.15, 0.2) is 0 Å². The zero-order valence-corrected chi connectivity index (χ0v) is 12.4. The number of benzene rings is 1. The topological polar surface area (TPSA) is 58.2 Å². The number of nitrogens with one attached hydrogen (secondary N) is 2. The predicted octanol–water partition coefficient (Wildman–Crippen LogP) is 1.88. The highest BCUT2D eigenvalue weighted by Gasteiger charge is 2.27. The quantitative estimate of drug-likeness (QED) is 0.868. The van der Waals surface area contributed by atoms with Gasteiger partial charge in [-0.25, -0.2) is 17.5 Å². The van der Waals surface area contributed by atoms with E-state index < -0.39 is 15.8 Å². The van der Waals surface area contributed by atoms with Gasteiger partial charge < -0.3 is 5.32 Å². The first-order chi connectivity index (χ1) is 8.40. The smallest absolute Gasteiger partial charge is 0.243 e. The lowest BCUT2D eigenvalue weighted by molar-refractivity contribution is 0.559. The third kappa shape index (κ3) is 3.03. The number of halogens is 3. The van der Waals surface area contributed by atoms with E-state index in [1.165, 1.54) is 0 Å². The molecule has 0 saturated carbocycles. The van der Waals surface area contributed by atoms with Gasteiger partial charge in [0.25, 0.3) is 0 Å². The first-order valence-electron chi connectivity index (χ1n) is 5.28. The van der Waals surface area contributed by atoms with Crippen molar-refractivity contribution in [2.45, 2.75) is 17.4 Å². The largest absolute Gasteiger partial charge is 0.315 e. The van der Waals surface area contributed by atoms with Crippen LogP contribution in [-0.2, 0) is 10.0 Å². The summed E-state index contributed by atoms with van der Waals surface area (Å²) in [5.41, 5.74) is 0. The van der Waals surface area contributed by atoms with Crippen LogP contribution in [0.4, 0.5) is 4.39 Å². The van der Waals surface area contributed by atoms with Crippen LogP contribution in [0.2, 0.25) is 5.02 Å². The molecule has 0 radical (unpaired) electrons. The summed E-state index contributed by atoms with van der Waals surface area (Å²) < 4.78 is 40.1. The van der Waals surface area contributed by atoms with E-state index in [1.54, 1.807) is 0 Å². The molecule has 1 aromatic rings. The van der Waals surface area contributed by atoms with Gasteiger partial charge in [0.05, 0.1) is 5.02 Å². The van der Waals surface area contributed by atoms with E-state index in [4.69, 9.17) is 11.6 Å². The van der Waals surface area contributed by atoms with Gasteiger partial charge >= 0.3 is 0 Å². The fraction of sp³-hybridized carbons (Fsp3) is 0.400. The van der Waals surface area contributed by atoms with Crippen molar-refractivity contribution in [2.24, 2.45) is 0 Å². The summed E-state index contributed by atoms with van der Waals surface area (Å²) in [6, 6.07) is 1.89. The molecule has 1 fully saturated rings. The van der Waals surface area contributed by atoms with Gasteiger partial charge in [-0.05, 0) is 41.0 Å². The van der Waals surface area contributed by atoms with Crippen molar-refractivity contribution in [3.05, 3.63) is 27.4 Å². The monoisotopic (exact) mass is 356 g/mol.